The molecule has 6 heteroatoms. The van der Waals surface area contributed by atoms with Crippen LogP contribution in [0.15, 0.2) is 30.7 Å². The molecule has 0 radical (unpaired) electrons. The van der Waals surface area contributed by atoms with Crippen LogP contribution >= 0.6 is 11.6 Å². The van der Waals surface area contributed by atoms with E-state index in [0.29, 0.717) is 11.1 Å². The van der Waals surface area contributed by atoms with Crippen molar-refractivity contribution in [3.63, 3.8) is 0 Å². The van der Waals surface area contributed by atoms with Crippen molar-refractivity contribution in [1.29, 1.82) is 0 Å². The zero-order valence-corrected chi connectivity index (χ0v) is 17.3. The molecule has 0 atom stereocenters. The van der Waals surface area contributed by atoms with E-state index in [1.807, 2.05) is 20.0 Å². The van der Waals surface area contributed by atoms with Gasteiger partial charge in [0.2, 0.25) is 0 Å². The Bertz CT molecular complexity index is 502. The minimum atomic E-state index is 0. The van der Waals surface area contributed by atoms with Crippen molar-refractivity contribution in [3.8, 4) is 0 Å². The van der Waals surface area contributed by atoms with E-state index in [2.05, 4.69) is 45.7 Å². The first kappa shape index (κ1) is 22.3. The number of halogens is 1. The van der Waals surface area contributed by atoms with Crippen LogP contribution in [0.5, 0.6) is 0 Å². The second-order valence-corrected chi connectivity index (χ2v) is 5.28. The van der Waals surface area contributed by atoms with Crippen LogP contribution in [0.3, 0.4) is 0 Å². The van der Waals surface area contributed by atoms with Gasteiger partial charge < -0.3 is 15.3 Å². The van der Waals surface area contributed by atoms with Gasteiger partial charge in [0.15, 0.2) is 0 Å². The molecule has 23 heavy (non-hydrogen) atoms. The summed E-state index contributed by atoms with van der Waals surface area (Å²) < 4.78 is 0. The first-order valence-electron chi connectivity index (χ1n) is 7.77. The summed E-state index contributed by atoms with van der Waals surface area (Å²) in [5, 5.41) is 4.00. The summed E-state index contributed by atoms with van der Waals surface area (Å²) >= 11 is 5.39. The number of nitrogens with one attached hydrogen (secondary N) is 1. The van der Waals surface area contributed by atoms with Crippen LogP contribution in [0, 0.1) is 13.3 Å². The monoisotopic (exact) mass is 342 g/mol. The number of rotatable bonds is 2. The summed E-state index contributed by atoms with van der Waals surface area (Å²) in [6.45, 7) is 6.06. The number of anilines is 1. The molecule has 2 aromatic heterocycles. The van der Waals surface area contributed by atoms with Crippen LogP contribution in [0.1, 0.15) is 45.1 Å². The van der Waals surface area contributed by atoms with Crippen molar-refractivity contribution in [3.05, 3.63) is 47.6 Å². The normalized spacial score (nSPS) is 12.9. The standard InChI is InChI=1S/C11H16N2.C4H2ClN2.C2H6.Na/c1-9-6-7-11(12-8-9)13-10-4-2-3-5-10;5-4-1-6-3-7-2-4;1-2;/h6-8,10H,2-5H2,1H3,(H,12,13);1-2H;1-2H3;/q;-1;;+1. The van der Waals surface area contributed by atoms with Gasteiger partial charge in [-0.15, -0.1) is 11.6 Å². The third-order valence-electron chi connectivity index (χ3n) is 3.11. The van der Waals surface area contributed by atoms with Gasteiger partial charge in [-0.3, -0.25) is 0 Å². The van der Waals surface area contributed by atoms with Gasteiger partial charge in [-0.05, 0) is 36.4 Å². The first-order valence-corrected chi connectivity index (χ1v) is 8.14. The second-order valence-electron chi connectivity index (χ2n) is 4.85. The van der Waals surface area contributed by atoms with Crippen LogP contribution in [0.4, 0.5) is 5.82 Å². The van der Waals surface area contributed by atoms with Gasteiger partial charge >= 0.3 is 29.6 Å². The van der Waals surface area contributed by atoms with Crippen LogP contribution < -0.4 is 34.9 Å². The number of hydrogen-bond donors (Lipinski definition) is 1. The Morgan fingerprint density at radius 2 is 1.70 bits per heavy atom. The topological polar surface area (TPSA) is 50.7 Å². The van der Waals surface area contributed by atoms with Crippen LogP contribution in [-0.4, -0.2) is 21.0 Å². The average molecular weight is 343 g/mol. The molecular weight excluding hydrogens is 319 g/mol. The quantitative estimate of drug-likeness (QED) is 0.667. The molecule has 2 heterocycles. The molecule has 0 aromatic carbocycles. The SMILES string of the molecule is CC.Cc1ccc(NC2CCCC2)nc1.Clc1cn[c-]nc1.[Na+]. The summed E-state index contributed by atoms with van der Waals surface area (Å²) in [5.41, 5.74) is 1.22. The molecule has 1 saturated carbocycles. The fourth-order valence-electron chi connectivity index (χ4n) is 2.08. The fourth-order valence-corrected chi connectivity index (χ4v) is 2.18. The Kier molecular flexibility index (Phi) is 13.3. The maximum Gasteiger partial charge on any atom is 1.00 e. The van der Waals surface area contributed by atoms with Crippen LogP contribution in [-0.2, 0) is 0 Å². The molecule has 0 spiro atoms. The van der Waals surface area contributed by atoms with E-state index in [4.69, 9.17) is 11.6 Å². The van der Waals surface area contributed by atoms with Crippen molar-refractivity contribution in [2.24, 2.45) is 0 Å². The van der Waals surface area contributed by atoms with Crippen molar-refractivity contribution < 1.29 is 29.6 Å². The summed E-state index contributed by atoms with van der Waals surface area (Å²) in [7, 11) is 0. The molecule has 0 aliphatic heterocycles. The smallest absolute Gasteiger partial charge is 0.373 e. The Morgan fingerprint density at radius 1 is 1.09 bits per heavy atom. The molecule has 1 N–H and O–H groups in total. The number of nitrogens with zero attached hydrogens (tertiary/aromatic N) is 3. The number of hydrogen-bond acceptors (Lipinski definition) is 4. The molecular formula is C17H24ClN4Na. The van der Waals surface area contributed by atoms with Gasteiger partial charge in [0, 0.05) is 18.6 Å². The van der Waals surface area contributed by atoms with Gasteiger partial charge in [0.1, 0.15) is 5.82 Å². The molecule has 1 aliphatic carbocycles. The molecule has 4 nitrogen and oxygen atoms in total. The van der Waals surface area contributed by atoms with Gasteiger partial charge in [0.25, 0.3) is 0 Å². The zero-order valence-electron chi connectivity index (χ0n) is 14.5. The van der Waals surface area contributed by atoms with E-state index in [0.717, 1.165) is 5.82 Å². The maximum atomic E-state index is 5.39. The van der Waals surface area contributed by atoms with Gasteiger partial charge in [0.05, 0.1) is 0 Å². The predicted octanol–water partition coefficient (Wildman–Crippen LogP) is 1.70. The van der Waals surface area contributed by atoms with Crippen molar-refractivity contribution in [2.75, 3.05) is 5.32 Å². The minimum Gasteiger partial charge on any atom is -0.373 e. The molecule has 0 unspecified atom stereocenters. The van der Waals surface area contributed by atoms with E-state index in [1.165, 1.54) is 43.6 Å². The molecule has 1 aliphatic rings. The van der Waals surface area contributed by atoms with E-state index in [-0.39, 0.29) is 29.6 Å². The summed E-state index contributed by atoms with van der Waals surface area (Å²) in [5.74, 6) is 1.03. The van der Waals surface area contributed by atoms with Gasteiger partial charge in [-0.1, -0.05) is 45.1 Å². The van der Waals surface area contributed by atoms with Gasteiger partial charge in [-0.25, -0.2) is 4.98 Å². The molecule has 0 bridgehead atoms. The number of pyridine rings is 1. The van der Waals surface area contributed by atoms with E-state index in [9.17, 15) is 0 Å². The van der Waals surface area contributed by atoms with E-state index >= 15 is 0 Å². The third kappa shape index (κ3) is 9.92. The Labute approximate surface area is 166 Å². The van der Waals surface area contributed by atoms with Crippen molar-refractivity contribution >= 4 is 17.4 Å². The molecule has 3 rings (SSSR count). The van der Waals surface area contributed by atoms with Gasteiger partial charge in [-0.2, -0.15) is 0 Å². The third-order valence-corrected chi connectivity index (χ3v) is 3.30. The summed E-state index contributed by atoms with van der Waals surface area (Å²) in [6, 6.07) is 4.83. The van der Waals surface area contributed by atoms with E-state index in [1.54, 1.807) is 0 Å². The number of aromatic nitrogens is 3. The predicted molar refractivity (Wildman–Crippen MR) is 92.1 cm³/mol. The summed E-state index contributed by atoms with van der Waals surface area (Å²) in [6.07, 6.45) is 12.6. The Balaban J connectivity index is 0.000000415. The molecule has 2 aromatic rings. The fraction of sp³-hybridized carbons (Fsp3) is 0.471. The Morgan fingerprint density at radius 3 is 2.13 bits per heavy atom. The Hall–Kier alpha value is -0.680. The minimum absolute atomic E-state index is 0. The van der Waals surface area contributed by atoms with E-state index < -0.39 is 0 Å². The summed E-state index contributed by atoms with van der Waals surface area (Å²) in [4.78, 5) is 11.4. The maximum absolute atomic E-state index is 5.39. The van der Waals surface area contributed by atoms with Crippen molar-refractivity contribution in [1.82, 2.24) is 15.0 Å². The average Bonchev–Trinajstić information content (AvgIpc) is 3.06. The first-order chi connectivity index (χ1) is 10.7. The molecule has 1 fully saturated rings. The van der Waals surface area contributed by atoms with Crippen molar-refractivity contribution in [2.45, 2.75) is 52.5 Å². The second kappa shape index (κ2) is 13.7. The van der Waals surface area contributed by atoms with Crippen LogP contribution in [0.2, 0.25) is 5.02 Å². The number of aryl methyl sites for hydroxylation is 1. The van der Waals surface area contributed by atoms with Crippen LogP contribution in [0.25, 0.3) is 0 Å². The molecule has 120 valence electrons. The zero-order chi connectivity index (χ0) is 16.2. The molecule has 0 amide bonds. The molecule has 0 saturated heterocycles. The largest absolute Gasteiger partial charge is 1.00 e.